The van der Waals surface area contributed by atoms with Gasteiger partial charge in [-0.2, -0.15) is 0 Å². The molecule has 0 saturated carbocycles. The molecular formula is C13H23N3O3. The summed E-state index contributed by atoms with van der Waals surface area (Å²) in [5, 5.41) is 7.98. The van der Waals surface area contributed by atoms with Gasteiger partial charge in [0.15, 0.2) is 0 Å². The highest BCUT2D eigenvalue weighted by atomic mass is 16.5. The van der Waals surface area contributed by atoms with Gasteiger partial charge < -0.3 is 9.47 Å². The van der Waals surface area contributed by atoms with Crippen LogP contribution in [-0.4, -0.2) is 47.2 Å². The van der Waals surface area contributed by atoms with Crippen molar-refractivity contribution in [3.05, 3.63) is 11.9 Å². The van der Waals surface area contributed by atoms with Gasteiger partial charge in [0, 0.05) is 19.0 Å². The van der Waals surface area contributed by atoms with Crippen LogP contribution in [0.5, 0.6) is 0 Å². The van der Waals surface area contributed by atoms with Crippen LogP contribution in [0.15, 0.2) is 6.20 Å². The van der Waals surface area contributed by atoms with Crippen LogP contribution in [0.2, 0.25) is 0 Å². The van der Waals surface area contributed by atoms with Crippen molar-refractivity contribution in [3.63, 3.8) is 0 Å². The van der Waals surface area contributed by atoms with Crippen LogP contribution >= 0.6 is 0 Å². The minimum atomic E-state index is 0.235. The molecule has 0 bridgehead atoms. The minimum Gasteiger partial charge on any atom is -0.379 e. The van der Waals surface area contributed by atoms with Gasteiger partial charge in [0.1, 0.15) is 5.78 Å². The number of aryl methyl sites for hydroxylation is 1. The molecule has 0 radical (unpaired) electrons. The van der Waals surface area contributed by atoms with E-state index in [4.69, 9.17) is 9.47 Å². The normalized spacial score (nSPS) is 10.8. The van der Waals surface area contributed by atoms with E-state index in [1.54, 1.807) is 4.68 Å². The Morgan fingerprint density at radius 1 is 1.21 bits per heavy atom. The van der Waals surface area contributed by atoms with E-state index in [1.165, 1.54) is 0 Å². The first-order valence-electron chi connectivity index (χ1n) is 6.82. The second kappa shape index (κ2) is 9.63. The van der Waals surface area contributed by atoms with Crippen molar-refractivity contribution >= 4 is 5.78 Å². The number of carbonyl (C=O) groups is 1. The van der Waals surface area contributed by atoms with Crippen LogP contribution < -0.4 is 0 Å². The number of hydrogen-bond acceptors (Lipinski definition) is 5. The molecule has 19 heavy (non-hydrogen) atoms. The zero-order valence-corrected chi connectivity index (χ0v) is 11.8. The lowest BCUT2D eigenvalue weighted by molar-refractivity contribution is -0.119. The van der Waals surface area contributed by atoms with Crippen LogP contribution in [0, 0.1) is 0 Å². The maximum absolute atomic E-state index is 11.0. The third-order valence-electron chi connectivity index (χ3n) is 2.70. The van der Waals surface area contributed by atoms with Crippen molar-refractivity contribution in [1.29, 1.82) is 0 Å². The number of nitrogens with zero attached hydrogens (tertiary/aromatic N) is 3. The molecule has 6 nitrogen and oxygen atoms in total. The highest BCUT2D eigenvalue weighted by Gasteiger charge is 1.99. The molecule has 0 saturated heterocycles. The van der Waals surface area contributed by atoms with E-state index in [0.717, 1.165) is 12.1 Å². The Morgan fingerprint density at radius 3 is 2.58 bits per heavy atom. The summed E-state index contributed by atoms with van der Waals surface area (Å²) < 4.78 is 12.5. The number of Topliss-reactive ketones (excluding diaryl/α,β-unsaturated/α-hetero) is 1. The first kappa shape index (κ1) is 15.8. The Hall–Kier alpha value is -1.27. The third kappa shape index (κ3) is 7.03. The Labute approximate surface area is 114 Å². The van der Waals surface area contributed by atoms with Gasteiger partial charge in [0.25, 0.3) is 0 Å². The maximum atomic E-state index is 11.0. The number of carbonyl (C=O) groups excluding carboxylic acids is 1. The first-order valence-corrected chi connectivity index (χ1v) is 6.82. The van der Waals surface area contributed by atoms with E-state index >= 15 is 0 Å². The van der Waals surface area contributed by atoms with E-state index < -0.39 is 0 Å². The molecule has 6 heteroatoms. The summed E-state index contributed by atoms with van der Waals surface area (Å²) in [5.41, 5.74) is 0.990. The van der Waals surface area contributed by atoms with Crippen LogP contribution in [0.4, 0.5) is 0 Å². The molecule has 0 spiro atoms. The Kier molecular flexibility index (Phi) is 8.00. The van der Waals surface area contributed by atoms with E-state index in [1.807, 2.05) is 20.0 Å². The lowest BCUT2D eigenvalue weighted by atomic mass is 10.2. The zero-order valence-electron chi connectivity index (χ0n) is 11.8. The predicted octanol–water partition coefficient (Wildman–Crippen LogP) is 1.24. The minimum absolute atomic E-state index is 0.235. The lowest BCUT2D eigenvalue weighted by Crippen LogP contribution is -2.11. The fourth-order valence-electron chi connectivity index (χ4n) is 1.45. The van der Waals surface area contributed by atoms with Crippen LogP contribution in [-0.2, 0) is 27.2 Å². The topological polar surface area (TPSA) is 66.2 Å². The molecule has 0 fully saturated rings. The predicted molar refractivity (Wildman–Crippen MR) is 71.0 cm³/mol. The highest BCUT2D eigenvalue weighted by Crippen LogP contribution is 1.94. The standard InChI is InChI=1S/C13H23N3O3/c1-3-12-11-16(15-14-12)6-8-19-10-9-18-7-5-13(17)4-2/h11H,3-10H2,1-2H3. The molecule has 108 valence electrons. The molecule has 0 aliphatic carbocycles. The summed E-state index contributed by atoms with van der Waals surface area (Å²) in [7, 11) is 0. The van der Waals surface area contributed by atoms with Crippen molar-refractivity contribution in [2.24, 2.45) is 0 Å². The van der Waals surface area contributed by atoms with E-state index in [9.17, 15) is 4.79 Å². The fourth-order valence-corrected chi connectivity index (χ4v) is 1.45. The van der Waals surface area contributed by atoms with E-state index in [2.05, 4.69) is 10.3 Å². The third-order valence-corrected chi connectivity index (χ3v) is 2.70. The first-order chi connectivity index (χ1) is 9.26. The Balaban J connectivity index is 1.92. The summed E-state index contributed by atoms with van der Waals surface area (Å²) in [4.78, 5) is 11.0. The Bertz CT molecular complexity index is 366. The van der Waals surface area contributed by atoms with Gasteiger partial charge in [0.05, 0.1) is 38.7 Å². The number of ketones is 1. The molecule has 1 heterocycles. The molecule has 1 rings (SSSR count). The number of rotatable bonds is 11. The van der Waals surface area contributed by atoms with Crippen molar-refractivity contribution in [1.82, 2.24) is 15.0 Å². The van der Waals surface area contributed by atoms with Crippen molar-refractivity contribution in [3.8, 4) is 0 Å². The van der Waals surface area contributed by atoms with Gasteiger partial charge in [-0.15, -0.1) is 5.10 Å². The molecule has 0 unspecified atom stereocenters. The molecular weight excluding hydrogens is 246 g/mol. The van der Waals surface area contributed by atoms with Gasteiger partial charge in [-0.25, -0.2) is 4.68 Å². The number of ether oxygens (including phenoxy) is 2. The van der Waals surface area contributed by atoms with Gasteiger partial charge >= 0.3 is 0 Å². The summed E-state index contributed by atoms with van der Waals surface area (Å²) in [6, 6.07) is 0. The number of hydrogen-bond donors (Lipinski definition) is 0. The quantitative estimate of drug-likeness (QED) is 0.565. The summed E-state index contributed by atoms with van der Waals surface area (Å²) in [5.74, 6) is 0.235. The lowest BCUT2D eigenvalue weighted by Gasteiger charge is -2.05. The van der Waals surface area contributed by atoms with Crippen LogP contribution in [0.1, 0.15) is 32.4 Å². The molecule has 1 aromatic heterocycles. The monoisotopic (exact) mass is 269 g/mol. The largest absolute Gasteiger partial charge is 0.379 e. The van der Waals surface area contributed by atoms with Gasteiger partial charge in [-0.1, -0.05) is 19.1 Å². The molecule has 0 atom stereocenters. The molecule has 1 aromatic rings. The molecule has 0 aliphatic rings. The molecule has 0 amide bonds. The average molecular weight is 269 g/mol. The maximum Gasteiger partial charge on any atom is 0.134 e. The van der Waals surface area contributed by atoms with Crippen LogP contribution in [0.3, 0.4) is 0 Å². The van der Waals surface area contributed by atoms with Gasteiger partial charge in [0.2, 0.25) is 0 Å². The van der Waals surface area contributed by atoms with Crippen molar-refractivity contribution in [2.75, 3.05) is 26.4 Å². The molecule has 0 N–H and O–H groups in total. The Morgan fingerprint density at radius 2 is 1.95 bits per heavy atom. The van der Waals surface area contributed by atoms with Crippen molar-refractivity contribution in [2.45, 2.75) is 39.7 Å². The summed E-state index contributed by atoms with van der Waals surface area (Å²) in [6.07, 6.45) is 3.90. The van der Waals surface area contributed by atoms with Crippen molar-refractivity contribution < 1.29 is 14.3 Å². The zero-order chi connectivity index (χ0) is 13.9. The van der Waals surface area contributed by atoms with E-state index in [-0.39, 0.29) is 5.78 Å². The second-order valence-electron chi connectivity index (χ2n) is 4.19. The number of aromatic nitrogens is 3. The van der Waals surface area contributed by atoms with Gasteiger partial charge in [-0.3, -0.25) is 4.79 Å². The van der Waals surface area contributed by atoms with Gasteiger partial charge in [-0.05, 0) is 6.42 Å². The molecule has 0 aliphatic heterocycles. The van der Waals surface area contributed by atoms with Crippen LogP contribution in [0.25, 0.3) is 0 Å². The molecule has 0 aromatic carbocycles. The fraction of sp³-hybridized carbons (Fsp3) is 0.769. The second-order valence-corrected chi connectivity index (χ2v) is 4.19. The SMILES string of the molecule is CCC(=O)CCOCCOCCn1cc(CC)nn1. The highest BCUT2D eigenvalue weighted by molar-refractivity contribution is 5.78. The summed E-state index contributed by atoms with van der Waals surface area (Å²) >= 11 is 0. The van der Waals surface area contributed by atoms with E-state index in [0.29, 0.717) is 45.8 Å². The average Bonchev–Trinajstić information content (AvgIpc) is 2.89. The summed E-state index contributed by atoms with van der Waals surface area (Å²) in [6.45, 7) is 6.74. The smallest absolute Gasteiger partial charge is 0.134 e.